The molecule has 1 aliphatic carbocycles. The van der Waals surface area contributed by atoms with Gasteiger partial charge < -0.3 is 19.9 Å². The molecule has 32 heavy (non-hydrogen) atoms. The molecule has 0 amide bonds. The second kappa shape index (κ2) is 8.49. The van der Waals surface area contributed by atoms with Crippen molar-refractivity contribution in [2.75, 3.05) is 18.5 Å². The Kier molecular flexibility index (Phi) is 5.39. The molecule has 6 nitrogen and oxygen atoms in total. The number of pyridine rings is 1. The lowest BCUT2D eigenvalue weighted by Gasteiger charge is -2.28. The smallest absolute Gasteiger partial charge is 0.335 e. The summed E-state index contributed by atoms with van der Waals surface area (Å²) in [7, 11) is 0. The maximum atomic E-state index is 15.8. The van der Waals surface area contributed by atoms with E-state index >= 15 is 4.39 Å². The van der Waals surface area contributed by atoms with Gasteiger partial charge in [-0.3, -0.25) is 0 Å². The van der Waals surface area contributed by atoms with Gasteiger partial charge >= 0.3 is 5.97 Å². The van der Waals surface area contributed by atoms with Crippen LogP contribution in [-0.2, 0) is 6.61 Å². The molecule has 1 aromatic heterocycles. The first kappa shape index (κ1) is 20.3. The van der Waals surface area contributed by atoms with Crippen molar-refractivity contribution < 1.29 is 23.8 Å². The van der Waals surface area contributed by atoms with E-state index in [0.717, 1.165) is 30.4 Å². The van der Waals surface area contributed by atoms with Gasteiger partial charge in [-0.15, -0.1) is 0 Å². The average Bonchev–Trinajstić information content (AvgIpc) is 2.77. The number of anilines is 1. The van der Waals surface area contributed by atoms with Gasteiger partial charge in [0.2, 0.25) is 0 Å². The largest absolute Gasteiger partial charge is 0.488 e. The van der Waals surface area contributed by atoms with Gasteiger partial charge in [-0.2, -0.15) is 0 Å². The molecule has 0 spiro atoms. The number of aromatic nitrogens is 1. The number of rotatable bonds is 6. The van der Waals surface area contributed by atoms with E-state index in [1.54, 1.807) is 30.5 Å². The fraction of sp³-hybridized carbons (Fsp3) is 0.280. The number of aromatic carboxylic acids is 1. The lowest BCUT2D eigenvalue weighted by Crippen LogP contribution is -2.19. The summed E-state index contributed by atoms with van der Waals surface area (Å²) in [6.45, 7) is 1.38. The number of nitrogens with one attached hydrogen (secondary N) is 1. The van der Waals surface area contributed by atoms with Crippen molar-refractivity contribution in [1.82, 2.24) is 4.98 Å². The molecule has 0 atom stereocenters. The van der Waals surface area contributed by atoms with Crippen molar-refractivity contribution in [3.63, 3.8) is 0 Å². The summed E-state index contributed by atoms with van der Waals surface area (Å²) in [6.07, 6.45) is 4.80. The van der Waals surface area contributed by atoms with Crippen molar-refractivity contribution in [3.8, 4) is 22.6 Å². The molecule has 3 aromatic rings. The molecule has 1 saturated carbocycles. The Labute approximate surface area is 185 Å². The van der Waals surface area contributed by atoms with Crippen LogP contribution in [0, 0.1) is 5.82 Å². The fourth-order valence-electron chi connectivity index (χ4n) is 4.05. The Balaban J connectivity index is 1.46. The normalized spacial score (nSPS) is 15.2. The molecule has 164 valence electrons. The number of hydrogen-bond donors (Lipinski definition) is 2. The number of hydrogen-bond acceptors (Lipinski definition) is 5. The van der Waals surface area contributed by atoms with Crippen LogP contribution < -0.4 is 14.8 Å². The highest BCUT2D eigenvalue weighted by Crippen LogP contribution is 2.44. The average molecular weight is 434 g/mol. The maximum absolute atomic E-state index is 15.8. The van der Waals surface area contributed by atoms with Crippen LogP contribution in [-0.4, -0.2) is 29.2 Å². The molecule has 0 radical (unpaired) electrons. The van der Waals surface area contributed by atoms with Gasteiger partial charge in [-0.1, -0.05) is 30.7 Å². The van der Waals surface area contributed by atoms with Gasteiger partial charge in [-0.25, -0.2) is 14.2 Å². The Morgan fingerprint density at radius 3 is 2.75 bits per heavy atom. The molecule has 2 N–H and O–H groups in total. The van der Waals surface area contributed by atoms with Crippen LogP contribution >= 0.6 is 0 Å². The molecular formula is C25H23FN2O4. The number of fused-ring (bicyclic) bond motifs is 1. The summed E-state index contributed by atoms with van der Waals surface area (Å²) in [5.74, 6) is 0.414. The van der Waals surface area contributed by atoms with Crippen LogP contribution in [0.5, 0.6) is 11.5 Å². The summed E-state index contributed by atoms with van der Waals surface area (Å²) in [5.41, 5.74) is 2.89. The molecule has 5 rings (SSSR count). The zero-order valence-electron chi connectivity index (χ0n) is 17.4. The minimum atomic E-state index is -0.985. The van der Waals surface area contributed by atoms with E-state index in [4.69, 9.17) is 14.6 Å². The standard InChI is InChI=1S/C25H23FN2O4/c26-22-19(18-12-21-24(28-13-18)27-10-11-31-21)8-9-20(16-2-1-3-16)23(22)32-14-15-4-6-17(7-5-15)25(29)30/h4-9,12-13,16H,1-3,10-11,14H2,(H,27,28)(H,29,30). The second-order valence-corrected chi connectivity index (χ2v) is 8.11. The summed E-state index contributed by atoms with van der Waals surface area (Å²) in [4.78, 5) is 15.4. The third-order valence-corrected chi connectivity index (χ3v) is 6.07. The number of carboxylic acid groups (broad SMARTS) is 1. The van der Waals surface area contributed by atoms with Crippen LogP contribution in [0.4, 0.5) is 10.2 Å². The lowest BCUT2D eigenvalue weighted by atomic mass is 9.79. The van der Waals surface area contributed by atoms with Crippen molar-refractivity contribution in [3.05, 3.63) is 71.2 Å². The first-order valence-corrected chi connectivity index (χ1v) is 10.7. The van der Waals surface area contributed by atoms with Crippen molar-refractivity contribution >= 4 is 11.8 Å². The molecule has 1 fully saturated rings. The van der Waals surface area contributed by atoms with E-state index < -0.39 is 11.8 Å². The number of carbonyl (C=O) groups is 1. The van der Waals surface area contributed by atoms with Crippen molar-refractivity contribution in [2.24, 2.45) is 0 Å². The van der Waals surface area contributed by atoms with Gasteiger partial charge in [0.1, 0.15) is 13.2 Å². The Bertz CT molecular complexity index is 1160. The predicted octanol–water partition coefficient (Wildman–Crippen LogP) is 5.24. The van der Waals surface area contributed by atoms with E-state index in [1.807, 2.05) is 6.07 Å². The Hall–Kier alpha value is -3.61. The van der Waals surface area contributed by atoms with Crippen molar-refractivity contribution in [1.29, 1.82) is 0 Å². The first-order chi connectivity index (χ1) is 15.6. The van der Waals surface area contributed by atoms with Crippen LogP contribution in [0.25, 0.3) is 11.1 Å². The topological polar surface area (TPSA) is 80.7 Å². The number of ether oxygens (including phenoxy) is 2. The van der Waals surface area contributed by atoms with Gasteiger partial charge in [0, 0.05) is 22.9 Å². The second-order valence-electron chi connectivity index (χ2n) is 8.11. The minimum Gasteiger partial charge on any atom is -0.488 e. The lowest BCUT2D eigenvalue weighted by molar-refractivity contribution is 0.0697. The number of nitrogens with zero attached hydrogens (tertiary/aromatic N) is 1. The highest BCUT2D eigenvalue weighted by Gasteiger charge is 2.27. The number of carboxylic acids is 1. The van der Waals surface area contributed by atoms with Crippen LogP contribution in [0.1, 0.15) is 46.7 Å². The highest BCUT2D eigenvalue weighted by molar-refractivity contribution is 5.87. The van der Waals surface area contributed by atoms with Gasteiger partial charge in [0.05, 0.1) is 12.1 Å². The van der Waals surface area contributed by atoms with E-state index in [0.29, 0.717) is 35.8 Å². The fourth-order valence-corrected chi connectivity index (χ4v) is 4.05. The van der Waals surface area contributed by atoms with E-state index in [2.05, 4.69) is 10.3 Å². The van der Waals surface area contributed by atoms with E-state index in [9.17, 15) is 4.79 Å². The quantitative estimate of drug-likeness (QED) is 0.553. The monoisotopic (exact) mass is 434 g/mol. The van der Waals surface area contributed by atoms with Crippen LogP contribution in [0.3, 0.4) is 0 Å². The first-order valence-electron chi connectivity index (χ1n) is 10.7. The van der Waals surface area contributed by atoms with Crippen LogP contribution in [0.2, 0.25) is 0 Å². The highest BCUT2D eigenvalue weighted by atomic mass is 19.1. The Morgan fingerprint density at radius 1 is 1.22 bits per heavy atom. The summed E-state index contributed by atoms with van der Waals surface area (Å²) in [5, 5.41) is 12.2. The zero-order chi connectivity index (χ0) is 22.1. The molecule has 2 aromatic carbocycles. The van der Waals surface area contributed by atoms with Gasteiger partial charge in [0.25, 0.3) is 0 Å². The molecule has 1 aliphatic heterocycles. The maximum Gasteiger partial charge on any atom is 0.335 e. The molecule has 2 heterocycles. The summed E-state index contributed by atoms with van der Waals surface area (Å²) in [6, 6.07) is 11.9. The zero-order valence-corrected chi connectivity index (χ0v) is 17.4. The molecule has 2 aliphatic rings. The minimum absolute atomic E-state index is 0.148. The molecular weight excluding hydrogens is 411 g/mol. The summed E-state index contributed by atoms with van der Waals surface area (Å²) < 4.78 is 27.4. The SMILES string of the molecule is O=C(O)c1ccc(COc2c(C3CCC3)ccc(-c3cnc4c(c3)OCCN4)c2F)cc1. The van der Waals surface area contributed by atoms with Gasteiger partial charge in [-0.05, 0) is 42.5 Å². The van der Waals surface area contributed by atoms with Gasteiger partial charge in [0.15, 0.2) is 23.1 Å². The predicted molar refractivity (Wildman–Crippen MR) is 118 cm³/mol. The molecule has 0 bridgehead atoms. The number of benzene rings is 2. The number of halogens is 1. The Morgan fingerprint density at radius 2 is 2.03 bits per heavy atom. The van der Waals surface area contributed by atoms with Crippen LogP contribution in [0.15, 0.2) is 48.7 Å². The third kappa shape index (κ3) is 3.86. The van der Waals surface area contributed by atoms with E-state index in [-0.39, 0.29) is 23.8 Å². The molecule has 0 saturated heterocycles. The summed E-state index contributed by atoms with van der Waals surface area (Å²) >= 11 is 0. The third-order valence-electron chi connectivity index (χ3n) is 6.07. The van der Waals surface area contributed by atoms with E-state index in [1.165, 1.54) is 12.1 Å². The molecule has 7 heteroatoms. The molecule has 0 unspecified atom stereocenters. The van der Waals surface area contributed by atoms with Crippen molar-refractivity contribution in [2.45, 2.75) is 31.8 Å².